The predicted molar refractivity (Wildman–Crippen MR) is 90.6 cm³/mol. The molecule has 24 heavy (non-hydrogen) atoms. The highest BCUT2D eigenvalue weighted by molar-refractivity contribution is 7.87. The summed E-state index contributed by atoms with van der Waals surface area (Å²) in [7, 11) is -4.03. The minimum atomic E-state index is -4.03. The Labute approximate surface area is 142 Å². The first-order chi connectivity index (χ1) is 11.3. The Kier molecular flexibility index (Phi) is 5.62. The number of carbonyl (C=O) groups is 1. The van der Waals surface area contributed by atoms with E-state index in [1.54, 1.807) is 24.3 Å². The van der Waals surface area contributed by atoms with Crippen molar-refractivity contribution in [2.45, 2.75) is 25.7 Å². The van der Waals surface area contributed by atoms with Gasteiger partial charge in [-0.2, -0.15) is 8.42 Å². The van der Waals surface area contributed by atoms with Gasteiger partial charge in [0.25, 0.3) is 0 Å². The number of carbonyl (C=O) groups excluding carboxylic acids is 1. The zero-order chi connectivity index (χ0) is 17.7. The molecule has 128 valence electrons. The number of aryl methyl sites for hydroxylation is 1. The van der Waals surface area contributed by atoms with Crippen LogP contribution < -0.4 is 4.18 Å². The van der Waals surface area contributed by atoms with Gasteiger partial charge in [-0.15, -0.1) is 0 Å². The van der Waals surface area contributed by atoms with Crippen LogP contribution in [0.25, 0.3) is 0 Å². The number of esters is 1. The van der Waals surface area contributed by atoms with E-state index in [9.17, 15) is 13.2 Å². The molecule has 0 spiro atoms. The summed E-state index contributed by atoms with van der Waals surface area (Å²) in [4.78, 5) is 12.2. The molecule has 0 aliphatic carbocycles. The van der Waals surface area contributed by atoms with Crippen molar-refractivity contribution in [1.29, 1.82) is 0 Å². The van der Waals surface area contributed by atoms with E-state index in [0.29, 0.717) is 0 Å². The van der Waals surface area contributed by atoms with Crippen LogP contribution in [0.2, 0.25) is 0 Å². The zero-order valence-electron chi connectivity index (χ0n) is 13.9. The molecule has 2 rings (SSSR count). The van der Waals surface area contributed by atoms with E-state index in [-0.39, 0.29) is 28.7 Å². The molecule has 2 aromatic rings. The van der Waals surface area contributed by atoms with Gasteiger partial charge in [-0.05, 0) is 37.1 Å². The Morgan fingerprint density at radius 3 is 2.29 bits per heavy atom. The van der Waals surface area contributed by atoms with Crippen LogP contribution in [-0.2, 0) is 14.9 Å². The van der Waals surface area contributed by atoms with Crippen molar-refractivity contribution in [3.8, 4) is 5.75 Å². The summed E-state index contributed by atoms with van der Waals surface area (Å²) in [6.07, 6.45) is 0. The predicted octanol–water partition coefficient (Wildman–Crippen LogP) is 3.58. The summed E-state index contributed by atoms with van der Waals surface area (Å²) in [5, 5.41) is 0. The van der Waals surface area contributed by atoms with Crippen molar-refractivity contribution in [2.75, 3.05) is 6.61 Å². The molecular formula is C18H20O5S. The summed E-state index contributed by atoms with van der Waals surface area (Å²) in [6.45, 7) is 5.93. The second-order valence-electron chi connectivity index (χ2n) is 5.84. The number of para-hydroxylation sites is 1. The molecular weight excluding hydrogens is 328 g/mol. The van der Waals surface area contributed by atoms with E-state index in [1.165, 1.54) is 24.3 Å². The molecule has 0 radical (unpaired) electrons. The number of hydrogen-bond acceptors (Lipinski definition) is 5. The van der Waals surface area contributed by atoms with Crippen LogP contribution in [0, 0.1) is 12.8 Å². The maximum absolute atomic E-state index is 12.4. The van der Waals surface area contributed by atoms with Crippen LogP contribution in [0.15, 0.2) is 53.4 Å². The minimum absolute atomic E-state index is 0.0263. The SMILES string of the molecule is Cc1ccc(S(=O)(=O)Oc2ccccc2C(=O)OCC(C)C)cc1. The Morgan fingerprint density at radius 1 is 1.04 bits per heavy atom. The molecule has 0 unspecified atom stereocenters. The van der Waals surface area contributed by atoms with Gasteiger partial charge in [0.15, 0.2) is 5.75 Å². The second-order valence-corrected chi connectivity index (χ2v) is 7.39. The first-order valence-electron chi connectivity index (χ1n) is 7.57. The molecule has 0 N–H and O–H groups in total. The molecule has 0 amide bonds. The molecule has 2 aromatic carbocycles. The Balaban J connectivity index is 2.26. The van der Waals surface area contributed by atoms with Gasteiger partial charge in [0.05, 0.1) is 6.61 Å². The molecule has 0 aliphatic heterocycles. The Hall–Kier alpha value is -2.34. The Bertz CT molecular complexity index is 808. The second kappa shape index (κ2) is 7.49. The molecule has 0 fully saturated rings. The van der Waals surface area contributed by atoms with E-state index in [2.05, 4.69) is 0 Å². The number of ether oxygens (including phenoxy) is 1. The average molecular weight is 348 g/mol. The van der Waals surface area contributed by atoms with Crippen LogP contribution in [0.1, 0.15) is 29.8 Å². The quantitative estimate of drug-likeness (QED) is 0.589. The molecule has 0 aliphatic rings. The molecule has 0 aromatic heterocycles. The summed E-state index contributed by atoms with van der Waals surface area (Å²) < 4.78 is 35.1. The van der Waals surface area contributed by atoms with Crippen molar-refractivity contribution in [3.05, 3.63) is 59.7 Å². The van der Waals surface area contributed by atoms with Gasteiger partial charge in [-0.1, -0.05) is 43.7 Å². The third kappa shape index (κ3) is 4.58. The minimum Gasteiger partial charge on any atom is -0.462 e. The number of benzene rings is 2. The third-order valence-corrected chi connectivity index (χ3v) is 4.41. The van der Waals surface area contributed by atoms with Crippen LogP contribution in [0.4, 0.5) is 0 Å². The van der Waals surface area contributed by atoms with E-state index < -0.39 is 16.1 Å². The van der Waals surface area contributed by atoms with Crippen molar-refractivity contribution in [1.82, 2.24) is 0 Å². The fraction of sp³-hybridized carbons (Fsp3) is 0.278. The first kappa shape index (κ1) is 18.0. The van der Waals surface area contributed by atoms with Crippen molar-refractivity contribution in [2.24, 2.45) is 5.92 Å². The number of rotatable bonds is 6. The molecule has 0 saturated carbocycles. The van der Waals surface area contributed by atoms with Gasteiger partial charge in [-0.25, -0.2) is 4.79 Å². The van der Waals surface area contributed by atoms with Crippen LogP contribution in [0.3, 0.4) is 0 Å². The Morgan fingerprint density at radius 2 is 1.67 bits per heavy atom. The zero-order valence-corrected chi connectivity index (χ0v) is 14.7. The average Bonchev–Trinajstić information content (AvgIpc) is 2.53. The normalized spacial score (nSPS) is 11.3. The third-order valence-electron chi connectivity index (χ3n) is 3.16. The number of hydrogen-bond donors (Lipinski definition) is 0. The molecule has 6 heteroatoms. The largest absolute Gasteiger partial charge is 0.462 e. The maximum atomic E-state index is 12.4. The van der Waals surface area contributed by atoms with Gasteiger partial charge in [0.2, 0.25) is 0 Å². The van der Waals surface area contributed by atoms with Crippen LogP contribution >= 0.6 is 0 Å². The van der Waals surface area contributed by atoms with E-state index in [4.69, 9.17) is 8.92 Å². The van der Waals surface area contributed by atoms with E-state index in [0.717, 1.165) is 5.56 Å². The lowest BCUT2D eigenvalue weighted by Crippen LogP contribution is -2.15. The topological polar surface area (TPSA) is 69.7 Å². The molecule has 0 atom stereocenters. The smallest absolute Gasteiger partial charge is 0.341 e. The summed E-state index contributed by atoms with van der Waals surface area (Å²) in [6, 6.07) is 12.4. The van der Waals surface area contributed by atoms with Gasteiger partial charge in [-0.3, -0.25) is 0 Å². The highest BCUT2D eigenvalue weighted by Crippen LogP contribution is 2.24. The van der Waals surface area contributed by atoms with Crippen molar-refractivity contribution in [3.63, 3.8) is 0 Å². The van der Waals surface area contributed by atoms with Gasteiger partial charge >= 0.3 is 16.1 Å². The van der Waals surface area contributed by atoms with Gasteiger partial charge < -0.3 is 8.92 Å². The van der Waals surface area contributed by atoms with E-state index >= 15 is 0 Å². The summed E-state index contributed by atoms with van der Waals surface area (Å²) in [5.74, 6) is -0.483. The molecule has 0 bridgehead atoms. The fourth-order valence-corrected chi connectivity index (χ4v) is 2.85. The van der Waals surface area contributed by atoms with E-state index in [1.807, 2.05) is 20.8 Å². The first-order valence-corrected chi connectivity index (χ1v) is 8.98. The van der Waals surface area contributed by atoms with Crippen LogP contribution in [0.5, 0.6) is 5.75 Å². The fourth-order valence-electron chi connectivity index (χ4n) is 1.90. The molecule has 0 saturated heterocycles. The van der Waals surface area contributed by atoms with Crippen LogP contribution in [-0.4, -0.2) is 21.0 Å². The van der Waals surface area contributed by atoms with Gasteiger partial charge in [0, 0.05) is 0 Å². The highest BCUT2D eigenvalue weighted by atomic mass is 32.2. The molecule has 5 nitrogen and oxygen atoms in total. The standard InChI is InChI=1S/C18H20O5S/c1-13(2)12-22-18(19)16-6-4-5-7-17(16)23-24(20,21)15-10-8-14(3)9-11-15/h4-11,13H,12H2,1-3H3. The highest BCUT2D eigenvalue weighted by Gasteiger charge is 2.21. The lowest BCUT2D eigenvalue weighted by molar-refractivity contribution is 0.0457. The lowest BCUT2D eigenvalue weighted by atomic mass is 10.2. The molecule has 0 heterocycles. The maximum Gasteiger partial charge on any atom is 0.341 e. The summed E-state index contributed by atoms with van der Waals surface area (Å²) in [5.41, 5.74) is 1.01. The van der Waals surface area contributed by atoms with Gasteiger partial charge in [0.1, 0.15) is 10.5 Å². The summed E-state index contributed by atoms with van der Waals surface area (Å²) >= 11 is 0. The van der Waals surface area contributed by atoms with Crippen molar-refractivity contribution >= 4 is 16.1 Å². The lowest BCUT2D eigenvalue weighted by Gasteiger charge is -2.12. The monoisotopic (exact) mass is 348 g/mol. The van der Waals surface area contributed by atoms with Crippen molar-refractivity contribution < 1.29 is 22.1 Å².